The molecule has 6 heteroatoms. The highest BCUT2D eigenvalue weighted by molar-refractivity contribution is 5.74. The standard InChI is InChI=1S/C18H24N4O2/c1-14(23)16-6-9-21(10-7-16)18(24)20-12-15-2-4-17(5-3-15)22-11-8-19-13-22/h2-5,8,11,13-14,16,23H,6-7,9-10,12H2,1H3,(H,20,24). The Labute approximate surface area is 142 Å². The molecule has 128 valence electrons. The fourth-order valence-corrected chi connectivity index (χ4v) is 3.07. The summed E-state index contributed by atoms with van der Waals surface area (Å²) in [4.78, 5) is 18.1. The lowest BCUT2D eigenvalue weighted by molar-refractivity contribution is 0.0798. The Kier molecular flexibility index (Phi) is 5.15. The van der Waals surface area contributed by atoms with E-state index in [1.54, 1.807) is 12.5 Å². The molecule has 2 heterocycles. The van der Waals surface area contributed by atoms with Crippen molar-refractivity contribution in [2.24, 2.45) is 5.92 Å². The zero-order valence-corrected chi connectivity index (χ0v) is 13.9. The van der Waals surface area contributed by atoms with Crippen LogP contribution in [0.4, 0.5) is 4.79 Å². The van der Waals surface area contributed by atoms with Gasteiger partial charge in [0.15, 0.2) is 0 Å². The van der Waals surface area contributed by atoms with Gasteiger partial charge < -0.3 is 19.9 Å². The largest absolute Gasteiger partial charge is 0.393 e. The molecule has 6 nitrogen and oxygen atoms in total. The van der Waals surface area contributed by atoms with Crippen LogP contribution in [0.2, 0.25) is 0 Å². The molecule has 1 unspecified atom stereocenters. The van der Waals surface area contributed by atoms with E-state index in [1.165, 1.54) is 0 Å². The summed E-state index contributed by atoms with van der Waals surface area (Å²) in [5.41, 5.74) is 2.11. The molecular weight excluding hydrogens is 304 g/mol. The first-order valence-electron chi connectivity index (χ1n) is 8.41. The van der Waals surface area contributed by atoms with Gasteiger partial charge in [-0.2, -0.15) is 0 Å². The molecule has 0 aliphatic carbocycles. The Bertz CT molecular complexity index is 644. The number of carbonyl (C=O) groups excluding carboxylic acids is 1. The summed E-state index contributed by atoms with van der Waals surface area (Å²) in [5, 5.41) is 12.6. The van der Waals surface area contributed by atoms with Crippen LogP contribution in [0.15, 0.2) is 43.0 Å². The minimum absolute atomic E-state index is 0.0299. The van der Waals surface area contributed by atoms with Crippen molar-refractivity contribution in [1.29, 1.82) is 0 Å². The van der Waals surface area contributed by atoms with Crippen LogP contribution in [0.25, 0.3) is 5.69 Å². The molecule has 1 aliphatic heterocycles. The molecule has 0 spiro atoms. The number of aromatic nitrogens is 2. The first-order chi connectivity index (χ1) is 11.6. The number of nitrogens with zero attached hydrogens (tertiary/aromatic N) is 3. The zero-order chi connectivity index (χ0) is 16.9. The van der Waals surface area contributed by atoms with Crippen molar-refractivity contribution in [3.05, 3.63) is 48.5 Å². The van der Waals surface area contributed by atoms with Gasteiger partial charge in [0.1, 0.15) is 0 Å². The molecule has 1 aromatic heterocycles. The lowest BCUT2D eigenvalue weighted by Crippen LogP contribution is -2.45. The normalized spacial score (nSPS) is 16.8. The summed E-state index contributed by atoms with van der Waals surface area (Å²) < 4.78 is 1.94. The number of amides is 2. The molecule has 0 radical (unpaired) electrons. The molecule has 0 saturated carbocycles. The number of piperidine rings is 1. The fourth-order valence-electron chi connectivity index (χ4n) is 3.07. The molecule has 1 fully saturated rings. The first kappa shape index (κ1) is 16.5. The number of hydrogen-bond acceptors (Lipinski definition) is 3. The van der Waals surface area contributed by atoms with Gasteiger partial charge in [0.25, 0.3) is 0 Å². The van der Waals surface area contributed by atoms with Crippen molar-refractivity contribution < 1.29 is 9.90 Å². The summed E-state index contributed by atoms with van der Waals surface area (Å²) in [7, 11) is 0. The van der Waals surface area contributed by atoms with Crippen LogP contribution >= 0.6 is 0 Å². The van der Waals surface area contributed by atoms with Crippen LogP contribution in [-0.4, -0.2) is 44.8 Å². The molecule has 2 N–H and O–H groups in total. The second kappa shape index (κ2) is 7.49. The van der Waals surface area contributed by atoms with Gasteiger partial charge in [0.2, 0.25) is 0 Å². The van der Waals surface area contributed by atoms with Crippen LogP contribution in [0.3, 0.4) is 0 Å². The van der Waals surface area contributed by atoms with Crippen molar-refractivity contribution in [3.63, 3.8) is 0 Å². The molecule has 0 bridgehead atoms. The minimum Gasteiger partial charge on any atom is -0.393 e. The average molecular weight is 328 g/mol. The topological polar surface area (TPSA) is 70.4 Å². The van der Waals surface area contributed by atoms with E-state index in [2.05, 4.69) is 10.3 Å². The predicted molar refractivity (Wildman–Crippen MR) is 91.8 cm³/mol. The number of aliphatic hydroxyl groups excluding tert-OH is 1. The van der Waals surface area contributed by atoms with Crippen LogP contribution < -0.4 is 5.32 Å². The molecule has 2 amide bonds. The summed E-state index contributed by atoms with van der Waals surface area (Å²) in [6, 6.07) is 8.01. The quantitative estimate of drug-likeness (QED) is 0.904. The van der Waals surface area contributed by atoms with E-state index >= 15 is 0 Å². The Balaban J connectivity index is 1.48. The van der Waals surface area contributed by atoms with Crippen molar-refractivity contribution >= 4 is 6.03 Å². The molecule has 24 heavy (non-hydrogen) atoms. The van der Waals surface area contributed by atoms with E-state index in [-0.39, 0.29) is 12.1 Å². The second-order valence-corrected chi connectivity index (χ2v) is 6.36. The van der Waals surface area contributed by atoms with E-state index in [1.807, 2.05) is 46.9 Å². The summed E-state index contributed by atoms with van der Waals surface area (Å²) >= 11 is 0. The third-order valence-electron chi connectivity index (χ3n) is 4.69. The SMILES string of the molecule is CC(O)C1CCN(C(=O)NCc2ccc(-n3ccnc3)cc2)CC1. The minimum atomic E-state index is -0.288. The van der Waals surface area contributed by atoms with Crippen LogP contribution in [0.1, 0.15) is 25.3 Å². The molecule has 2 aromatic rings. The van der Waals surface area contributed by atoms with E-state index in [0.29, 0.717) is 25.6 Å². The van der Waals surface area contributed by atoms with Gasteiger partial charge in [-0.05, 0) is 43.4 Å². The maximum Gasteiger partial charge on any atom is 0.317 e. The monoisotopic (exact) mass is 328 g/mol. The lowest BCUT2D eigenvalue weighted by atomic mass is 9.92. The van der Waals surface area contributed by atoms with Gasteiger partial charge in [0, 0.05) is 37.7 Å². The van der Waals surface area contributed by atoms with E-state index in [9.17, 15) is 9.90 Å². The molecule has 1 saturated heterocycles. The Morgan fingerprint density at radius 1 is 1.33 bits per heavy atom. The van der Waals surface area contributed by atoms with Gasteiger partial charge in [-0.25, -0.2) is 9.78 Å². The Morgan fingerprint density at radius 2 is 2.04 bits per heavy atom. The van der Waals surface area contributed by atoms with Gasteiger partial charge in [0.05, 0.1) is 12.4 Å². The average Bonchev–Trinajstić information content (AvgIpc) is 3.15. The van der Waals surface area contributed by atoms with Crippen molar-refractivity contribution in [2.75, 3.05) is 13.1 Å². The lowest BCUT2D eigenvalue weighted by Gasteiger charge is -2.33. The Morgan fingerprint density at radius 3 is 2.62 bits per heavy atom. The number of likely N-dealkylation sites (tertiary alicyclic amines) is 1. The Hall–Kier alpha value is -2.34. The summed E-state index contributed by atoms with van der Waals surface area (Å²) in [6.07, 6.45) is 6.84. The number of urea groups is 1. The number of aliphatic hydroxyl groups is 1. The highest BCUT2D eigenvalue weighted by Gasteiger charge is 2.25. The highest BCUT2D eigenvalue weighted by atomic mass is 16.3. The van der Waals surface area contributed by atoms with Crippen molar-refractivity contribution in [3.8, 4) is 5.69 Å². The van der Waals surface area contributed by atoms with Crippen LogP contribution in [0, 0.1) is 5.92 Å². The maximum absolute atomic E-state index is 12.2. The number of nitrogens with one attached hydrogen (secondary N) is 1. The van der Waals surface area contributed by atoms with E-state index in [4.69, 9.17) is 0 Å². The molecule has 1 atom stereocenters. The van der Waals surface area contributed by atoms with E-state index < -0.39 is 0 Å². The number of imidazole rings is 1. The van der Waals surface area contributed by atoms with Gasteiger partial charge in [-0.15, -0.1) is 0 Å². The van der Waals surface area contributed by atoms with Gasteiger partial charge >= 0.3 is 6.03 Å². The smallest absolute Gasteiger partial charge is 0.317 e. The molecular formula is C18H24N4O2. The second-order valence-electron chi connectivity index (χ2n) is 6.36. The van der Waals surface area contributed by atoms with Crippen LogP contribution in [-0.2, 0) is 6.54 Å². The van der Waals surface area contributed by atoms with Gasteiger partial charge in [-0.3, -0.25) is 0 Å². The van der Waals surface area contributed by atoms with Crippen molar-refractivity contribution in [2.45, 2.75) is 32.4 Å². The van der Waals surface area contributed by atoms with Crippen molar-refractivity contribution in [1.82, 2.24) is 19.8 Å². The third-order valence-corrected chi connectivity index (χ3v) is 4.69. The predicted octanol–water partition coefficient (Wildman–Crippen LogP) is 2.17. The van der Waals surface area contributed by atoms with E-state index in [0.717, 1.165) is 24.1 Å². The fraction of sp³-hybridized carbons (Fsp3) is 0.444. The zero-order valence-electron chi connectivity index (χ0n) is 13.9. The highest BCUT2D eigenvalue weighted by Crippen LogP contribution is 2.20. The van der Waals surface area contributed by atoms with Crippen LogP contribution in [0.5, 0.6) is 0 Å². The summed E-state index contributed by atoms with van der Waals surface area (Å²) in [6.45, 7) is 3.76. The molecule has 1 aliphatic rings. The number of hydrogen-bond donors (Lipinski definition) is 2. The molecule has 3 rings (SSSR count). The summed E-state index contributed by atoms with van der Waals surface area (Å²) in [5.74, 6) is 0.310. The maximum atomic E-state index is 12.2. The number of carbonyl (C=O) groups is 1. The molecule has 1 aromatic carbocycles. The first-order valence-corrected chi connectivity index (χ1v) is 8.41. The number of rotatable bonds is 4. The third kappa shape index (κ3) is 3.94. The van der Waals surface area contributed by atoms with Gasteiger partial charge in [-0.1, -0.05) is 12.1 Å². The number of benzene rings is 1.